The predicted molar refractivity (Wildman–Crippen MR) is 76.1 cm³/mol. The van der Waals surface area contributed by atoms with Gasteiger partial charge in [-0.3, -0.25) is 4.90 Å². The molecule has 1 aliphatic heterocycles. The van der Waals surface area contributed by atoms with E-state index >= 15 is 0 Å². The molecule has 0 bridgehead atoms. The number of β-amino-alcohol motifs (C(OH)–C–C–N with tert-alkyl or cyclic N) is 1. The number of rotatable bonds is 5. The first-order valence-corrected chi connectivity index (χ1v) is 6.56. The molecule has 0 amide bonds. The minimum atomic E-state index is -0.396. The van der Waals surface area contributed by atoms with Crippen molar-refractivity contribution in [1.82, 2.24) is 4.90 Å². The Morgan fingerprint density at radius 1 is 1.42 bits per heavy atom. The molecule has 0 aromatic heterocycles. The maximum Gasteiger partial charge on any atom is 0.0839 e. The number of terminal acetylenes is 1. The topological polar surface area (TPSA) is 44.7 Å². The average molecular weight is 260 g/mol. The number of anilines is 1. The first-order chi connectivity index (χ1) is 9.28. The van der Waals surface area contributed by atoms with Gasteiger partial charge in [0.15, 0.2) is 0 Å². The standard InChI is InChI=1S/C15H20N2O2/c1-2-13-4-3-5-14(10-13)16-11-15(18)12-17-6-8-19-9-7-17/h1,3-5,10,15-16,18H,6-9,11-12H2. The van der Waals surface area contributed by atoms with Crippen LogP contribution >= 0.6 is 0 Å². The molecule has 1 saturated heterocycles. The summed E-state index contributed by atoms with van der Waals surface area (Å²) < 4.78 is 5.28. The van der Waals surface area contributed by atoms with Gasteiger partial charge in [0.1, 0.15) is 0 Å². The maximum atomic E-state index is 10.0. The molecule has 0 spiro atoms. The maximum absolute atomic E-state index is 10.0. The molecule has 102 valence electrons. The van der Waals surface area contributed by atoms with Gasteiger partial charge in [-0.2, -0.15) is 0 Å². The molecule has 2 N–H and O–H groups in total. The van der Waals surface area contributed by atoms with Crippen LogP contribution in [-0.2, 0) is 4.74 Å². The van der Waals surface area contributed by atoms with E-state index in [1.807, 2.05) is 24.3 Å². The van der Waals surface area contributed by atoms with E-state index in [9.17, 15) is 5.11 Å². The molecule has 1 atom stereocenters. The highest BCUT2D eigenvalue weighted by atomic mass is 16.5. The van der Waals surface area contributed by atoms with Crippen molar-refractivity contribution in [2.45, 2.75) is 6.10 Å². The summed E-state index contributed by atoms with van der Waals surface area (Å²) in [7, 11) is 0. The Morgan fingerprint density at radius 2 is 2.21 bits per heavy atom. The van der Waals surface area contributed by atoms with Crippen LogP contribution in [0.15, 0.2) is 24.3 Å². The van der Waals surface area contributed by atoms with Crippen molar-refractivity contribution in [3.05, 3.63) is 29.8 Å². The van der Waals surface area contributed by atoms with E-state index in [1.165, 1.54) is 0 Å². The van der Waals surface area contributed by atoms with Crippen molar-refractivity contribution in [2.24, 2.45) is 0 Å². The average Bonchev–Trinajstić information content (AvgIpc) is 2.46. The number of hydrogen-bond acceptors (Lipinski definition) is 4. The third-order valence-corrected chi connectivity index (χ3v) is 3.14. The number of nitrogens with zero attached hydrogens (tertiary/aromatic N) is 1. The number of aliphatic hydroxyl groups is 1. The second-order valence-corrected chi connectivity index (χ2v) is 4.67. The van der Waals surface area contributed by atoms with Gasteiger partial charge in [-0.15, -0.1) is 6.42 Å². The Balaban J connectivity index is 1.76. The SMILES string of the molecule is C#Cc1cccc(NCC(O)CN2CCOCC2)c1. The summed E-state index contributed by atoms with van der Waals surface area (Å²) in [5.41, 5.74) is 1.78. The normalized spacial score (nSPS) is 17.7. The number of morpholine rings is 1. The molecule has 1 unspecified atom stereocenters. The monoisotopic (exact) mass is 260 g/mol. The summed E-state index contributed by atoms with van der Waals surface area (Å²) in [4.78, 5) is 2.22. The fourth-order valence-corrected chi connectivity index (χ4v) is 2.10. The lowest BCUT2D eigenvalue weighted by Crippen LogP contribution is -2.42. The van der Waals surface area contributed by atoms with Crippen LogP contribution in [0.1, 0.15) is 5.56 Å². The Kier molecular flexibility index (Phi) is 5.22. The lowest BCUT2D eigenvalue weighted by atomic mass is 10.2. The van der Waals surface area contributed by atoms with Gasteiger partial charge in [0, 0.05) is 37.4 Å². The van der Waals surface area contributed by atoms with E-state index in [0.717, 1.165) is 37.6 Å². The van der Waals surface area contributed by atoms with E-state index in [1.54, 1.807) is 0 Å². The summed E-state index contributed by atoms with van der Waals surface area (Å²) in [6, 6.07) is 7.64. The molecular weight excluding hydrogens is 240 g/mol. The molecule has 0 radical (unpaired) electrons. The van der Waals surface area contributed by atoms with Crippen LogP contribution in [0.2, 0.25) is 0 Å². The second kappa shape index (κ2) is 7.15. The zero-order valence-electron chi connectivity index (χ0n) is 11.0. The van der Waals surface area contributed by atoms with Gasteiger partial charge in [0.05, 0.1) is 19.3 Å². The molecule has 1 aliphatic rings. The zero-order chi connectivity index (χ0) is 13.5. The fourth-order valence-electron chi connectivity index (χ4n) is 2.10. The third-order valence-electron chi connectivity index (χ3n) is 3.14. The van der Waals surface area contributed by atoms with Crippen LogP contribution in [0.25, 0.3) is 0 Å². The highest BCUT2D eigenvalue weighted by Gasteiger charge is 2.14. The van der Waals surface area contributed by atoms with E-state index in [2.05, 4.69) is 16.1 Å². The first kappa shape index (κ1) is 13.9. The van der Waals surface area contributed by atoms with Crippen molar-refractivity contribution in [1.29, 1.82) is 0 Å². The van der Waals surface area contributed by atoms with Crippen LogP contribution in [-0.4, -0.2) is 55.5 Å². The zero-order valence-corrected chi connectivity index (χ0v) is 11.0. The second-order valence-electron chi connectivity index (χ2n) is 4.67. The van der Waals surface area contributed by atoms with Gasteiger partial charge in [-0.05, 0) is 18.2 Å². The largest absolute Gasteiger partial charge is 0.390 e. The summed E-state index contributed by atoms with van der Waals surface area (Å²) in [6.07, 6.45) is 4.96. The van der Waals surface area contributed by atoms with Gasteiger partial charge in [0.2, 0.25) is 0 Å². The van der Waals surface area contributed by atoms with Gasteiger partial charge >= 0.3 is 0 Å². The number of nitrogens with one attached hydrogen (secondary N) is 1. The van der Waals surface area contributed by atoms with Gasteiger partial charge < -0.3 is 15.2 Å². The smallest absolute Gasteiger partial charge is 0.0839 e. The molecular formula is C15H20N2O2. The van der Waals surface area contributed by atoms with Gasteiger partial charge in [-0.25, -0.2) is 0 Å². The minimum Gasteiger partial charge on any atom is -0.390 e. The number of aliphatic hydroxyl groups excluding tert-OH is 1. The van der Waals surface area contributed by atoms with Gasteiger partial charge in [0.25, 0.3) is 0 Å². The van der Waals surface area contributed by atoms with Crippen molar-refractivity contribution in [3.8, 4) is 12.3 Å². The quantitative estimate of drug-likeness (QED) is 0.768. The lowest BCUT2D eigenvalue weighted by molar-refractivity contribution is 0.0171. The molecule has 0 saturated carbocycles. The summed E-state index contributed by atoms with van der Waals surface area (Å²) in [5, 5.41) is 13.2. The van der Waals surface area contributed by atoms with Crippen LogP contribution in [0.4, 0.5) is 5.69 Å². The lowest BCUT2D eigenvalue weighted by Gasteiger charge is -2.28. The number of hydrogen-bond donors (Lipinski definition) is 2. The molecule has 2 rings (SSSR count). The molecule has 4 nitrogen and oxygen atoms in total. The Labute approximate surface area is 114 Å². The molecule has 1 aromatic rings. The van der Waals surface area contributed by atoms with Crippen molar-refractivity contribution < 1.29 is 9.84 Å². The Morgan fingerprint density at radius 3 is 2.95 bits per heavy atom. The highest BCUT2D eigenvalue weighted by Crippen LogP contribution is 2.09. The van der Waals surface area contributed by atoms with E-state index in [0.29, 0.717) is 13.1 Å². The molecule has 1 aromatic carbocycles. The van der Waals surface area contributed by atoms with Crippen LogP contribution < -0.4 is 5.32 Å². The van der Waals surface area contributed by atoms with E-state index in [-0.39, 0.29) is 0 Å². The van der Waals surface area contributed by atoms with Crippen molar-refractivity contribution in [3.63, 3.8) is 0 Å². The van der Waals surface area contributed by atoms with E-state index < -0.39 is 6.10 Å². The predicted octanol–water partition coefficient (Wildman–Crippen LogP) is 0.773. The molecule has 4 heteroatoms. The minimum absolute atomic E-state index is 0.396. The van der Waals surface area contributed by atoms with Gasteiger partial charge in [-0.1, -0.05) is 12.0 Å². The number of ether oxygens (including phenoxy) is 1. The van der Waals surface area contributed by atoms with E-state index in [4.69, 9.17) is 11.2 Å². The summed E-state index contributed by atoms with van der Waals surface area (Å²) in [5.74, 6) is 2.60. The first-order valence-electron chi connectivity index (χ1n) is 6.56. The molecule has 1 heterocycles. The molecule has 19 heavy (non-hydrogen) atoms. The molecule has 0 aliphatic carbocycles. The van der Waals surface area contributed by atoms with Crippen molar-refractivity contribution >= 4 is 5.69 Å². The van der Waals surface area contributed by atoms with Crippen LogP contribution in [0.5, 0.6) is 0 Å². The number of benzene rings is 1. The van der Waals surface area contributed by atoms with Crippen molar-refractivity contribution in [2.75, 3.05) is 44.7 Å². The van der Waals surface area contributed by atoms with Crippen LogP contribution in [0.3, 0.4) is 0 Å². The fraction of sp³-hybridized carbons (Fsp3) is 0.467. The molecule has 1 fully saturated rings. The van der Waals surface area contributed by atoms with Crippen LogP contribution in [0, 0.1) is 12.3 Å². The third kappa shape index (κ3) is 4.56. The Hall–Kier alpha value is -1.54. The summed E-state index contributed by atoms with van der Waals surface area (Å²) in [6.45, 7) is 4.48. The summed E-state index contributed by atoms with van der Waals surface area (Å²) >= 11 is 0. The Bertz CT molecular complexity index is 436. The highest BCUT2D eigenvalue weighted by molar-refractivity contribution is 5.49.